The average molecular weight is 387 g/mol. The number of Topliss-reactive ketones (excluding diaryl/α,β-unsaturated/α-hetero) is 1. The van der Waals surface area contributed by atoms with E-state index < -0.39 is 12.1 Å². The first kappa shape index (κ1) is 20.3. The van der Waals surface area contributed by atoms with Crippen LogP contribution in [0.2, 0.25) is 0 Å². The standard InChI is InChI=1S/C21H29N3O4/c1-12(2)9-17(21(27)24-19-13(3)28-11-18(19)25)23-20(26)15-6-7-16-14(10-15)5-4-8-22-16/h6-7,10,12-13,17,19,22H,4-5,8-9,11H2,1-3H3,(H,23,26)(H,24,27)/t13-,17+,19+/m1/s1. The van der Waals surface area contributed by atoms with Gasteiger partial charge in [-0.2, -0.15) is 0 Å². The van der Waals surface area contributed by atoms with Crippen LogP contribution in [0.15, 0.2) is 18.2 Å². The number of rotatable bonds is 6. The van der Waals surface area contributed by atoms with Crippen molar-refractivity contribution in [2.24, 2.45) is 5.92 Å². The molecule has 0 aliphatic carbocycles. The fraction of sp³-hybridized carbons (Fsp3) is 0.571. The Hall–Kier alpha value is -2.41. The molecule has 7 nitrogen and oxygen atoms in total. The van der Waals surface area contributed by atoms with Gasteiger partial charge in [0.15, 0.2) is 5.78 Å². The summed E-state index contributed by atoms with van der Waals surface area (Å²) in [5.74, 6) is -0.567. The Kier molecular flexibility index (Phi) is 6.34. The number of ether oxygens (including phenoxy) is 1. The fourth-order valence-corrected chi connectivity index (χ4v) is 3.67. The quantitative estimate of drug-likeness (QED) is 0.690. The minimum atomic E-state index is -0.706. The number of nitrogens with one attached hydrogen (secondary N) is 3. The lowest BCUT2D eigenvalue weighted by atomic mass is 9.99. The lowest BCUT2D eigenvalue weighted by Gasteiger charge is -2.23. The molecule has 1 aromatic carbocycles. The van der Waals surface area contributed by atoms with Gasteiger partial charge in [-0.15, -0.1) is 0 Å². The largest absolute Gasteiger partial charge is 0.385 e. The smallest absolute Gasteiger partial charge is 0.251 e. The first-order valence-electron chi connectivity index (χ1n) is 9.97. The van der Waals surface area contributed by atoms with Crippen LogP contribution in [0.25, 0.3) is 0 Å². The van der Waals surface area contributed by atoms with E-state index >= 15 is 0 Å². The van der Waals surface area contributed by atoms with E-state index in [-0.39, 0.29) is 36.2 Å². The van der Waals surface area contributed by atoms with Crippen LogP contribution in [0.3, 0.4) is 0 Å². The molecule has 2 aliphatic heterocycles. The van der Waals surface area contributed by atoms with Crippen molar-refractivity contribution in [3.8, 4) is 0 Å². The first-order chi connectivity index (χ1) is 13.3. The summed E-state index contributed by atoms with van der Waals surface area (Å²) in [6.07, 6.45) is 2.09. The molecule has 1 aromatic rings. The van der Waals surface area contributed by atoms with Crippen LogP contribution in [-0.2, 0) is 20.7 Å². The topological polar surface area (TPSA) is 96.5 Å². The van der Waals surface area contributed by atoms with Gasteiger partial charge in [-0.3, -0.25) is 14.4 Å². The molecule has 0 spiro atoms. The Labute approximate surface area is 165 Å². The Balaban J connectivity index is 1.70. The maximum atomic E-state index is 12.8. The van der Waals surface area contributed by atoms with Crippen LogP contribution in [-0.4, -0.2) is 48.9 Å². The summed E-state index contributed by atoms with van der Waals surface area (Å²) in [6, 6.07) is 4.21. The lowest BCUT2D eigenvalue weighted by Crippen LogP contribution is -2.53. The highest BCUT2D eigenvalue weighted by Crippen LogP contribution is 2.23. The van der Waals surface area contributed by atoms with Crippen LogP contribution < -0.4 is 16.0 Å². The number of carbonyl (C=O) groups excluding carboxylic acids is 3. The molecule has 7 heteroatoms. The maximum Gasteiger partial charge on any atom is 0.251 e. The molecule has 2 amide bonds. The Morgan fingerprint density at radius 1 is 1.32 bits per heavy atom. The summed E-state index contributed by atoms with van der Waals surface area (Å²) in [7, 11) is 0. The minimum Gasteiger partial charge on any atom is -0.385 e. The van der Waals surface area contributed by atoms with Crippen LogP contribution >= 0.6 is 0 Å². The van der Waals surface area contributed by atoms with Crippen molar-refractivity contribution in [1.82, 2.24) is 10.6 Å². The highest BCUT2D eigenvalue weighted by molar-refractivity contribution is 5.99. The molecule has 2 aliphatic rings. The molecule has 3 N–H and O–H groups in total. The summed E-state index contributed by atoms with van der Waals surface area (Å²) in [5, 5.41) is 8.93. The Morgan fingerprint density at radius 3 is 2.79 bits per heavy atom. The van der Waals surface area contributed by atoms with E-state index in [0.717, 1.165) is 30.6 Å². The second-order valence-electron chi connectivity index (χ2n) is 8.03. The van der Waals surface area contributed by atoms with Crippen molar-refractivity contribution in [3.05, 3.63) is 29.3 Å². The number of amides is 2. The second kappa shape index (κ2) is 8.73. The zero-order chi connectivity index (χ0) is 20.3. The maximum absolute atomic E-state index is 12.8. The van der Waals surface area contributed by atoms with Crippen molar-refractivity contribution < 1.29 is 19.1 Å². The van der Waals surface area contributed by atoms with E-state index in [2.05, 4.69) is 16.0 Å². The SMILES string of the molecule is CC(C)C[C@H](NC(=O)c1ccc2c(c1)CCCN2)C(=O)N[C@@H]1C(=O)CO[C@@H]1C. The highest BCUT2D eigenvalue weighted by Gasteiger charge is 2.35. The number of hydrogen-bond donors (Lipinski definition) is 3. The van der Waals surface area contributed by atoms with Crippen molar-refractivity contribution in [1.29, 1.82) is 0 Å². The molecule has 0 aromatic heterocycles. The number of hydrogen-bond acceptors (Lipinski definition) is 5. The monoisotopic (exact) mass is 387 g/mol. The number of benzene rings is 1. The number of anilines is 1. The van der Waals surface area contributed by atoms with Gasteiger partial charge < -0.3 is 20.7 Å². The van der Waals surface area contributed by atoms with E-state index in [1.54, 1.807) is 13.0 Å². The number of ketones is 1. The molecule has 3 rings (SSSR count). The van der Waals surface area contributed by atoms with E-state index in [1.807, 2.05) is 26.0 Å². The Morgan fingerprint density at radius 2 is 2.11 bits per heavy atom. The highest BCUT2D eigenvalue weighted by atomic mass is 16.5. The average Bonchev–Trinajstić information content (AvgIpc) is 2.98. The third kappa shape index (κ3) is 4.70. The molecular formula is C21H29N3O4. The lowest BCUT2D eigenvalue weighted by molar-refractivity contribution is -0.127. The van der Waals surface area contributed by atoms with Gasteiger partial charge in [-0.05, 0) is 55.9 Å². The van der Waals surface area contributed by atoms with Gasteiger partial charge in [0.25, 0.3) is 5.91 Å². The summed E-state index contributed by atoms with van der Waals surface area (Å²) >= 11 is 0. The molecule has 0 unspecified atom stereocenters. The van der Waals surface area contributed by atoms with Crippen LogP contribution in [0, 0.1) is 5.92 Å². The molecule has 2 heterocycles. The minimum absolute atomic E-state index is 0.0104. The van der Waals surface area contributed by atoms with E-state index in [1.165, 1.54) is 0 Å². The third-order valence-electron chi connectivity index (χ3n) is 5.24. The second-order valence-corrected chi connectivity index (χ2v) is 8.03. The molecular weight excluding hydrogens is 358 g/mol. The van der Waals surface area contributed by atoms with E-state index in [0.29, 0.717) is 12.0 Å². The van der Waals surface area contributed by atoms with Crippen LogP contribution in [0.4, 0.5) is 5.69 Å². The van der Waals surface area contributed by atoms with Crippen LogP contribution in [0.1, 0.15) is 49.5 Å². The van der Waals surface area contributed by atoms with Gasteiger partial charge in [0, 0.05) is 17.8 Å². The molecule has 28 heavy (non-hydrogen) atoms. The molecule has 152 valence electrons. The summed E-state index contributed by atoms with van der Waals surface area (Å²) < 4.78 is 5.29. The normalized spacial score (nSPS) is 22.4. The van der Waals surface area contributed by atoms with Gasteiger partial charge >= 0.3 is 0 Å². The molecule has 0 radical (unpaired) electrons. The van der Waals surface area contributed by atoms with Crippen molar-refractivity contribution in [2.75, 3.05) is 18.5 Å². The van der Waals surface area contributed by atoms with Gasteiger partial charge in [-0.25, -0.2) is 0 Å². The molecule has 1 saturated heterocycles. The van der Waals surface area contributed by atoms with E-state index in [9.17, 15) is 14.4 Å². The van der Waals surface area contributed by atoms with Crippen LogP contribution in [0.5, 0.6) is 0 Å². The predicted molar refractivity (Wildman–Crippen MR) is 106 cm³/mol. The number of fused-ring (bicyclic) bond motifs is 1. The molecule has 0 saturated carbocycles. The first-order valence-corrected chi connectivity index (χ1v) is 9.97. The number of carbonyl (C=O) groups is 3. The van der Waals surface area contributed by atoms with Crippen molar-refractivity contribution >= 4 is 23.3 Å². The van der Waals surface area contributed by atoms with Crippen molar-refractivity contribution in [3.63, 3.8) is 0 Å². The number of aryl methyl sites for hydroxylation is 1. The van der Waals surface area contributed by atoms with Gasteiger partial charge in [-0.1, -0.05) is 13.8 Å². The molecule has 3 atom stereocenters. The Bertz CT molecular complexity index is 762. The van der Waals surface area contributed by atoms with E-state index in [4.69, 9.17) is 4.74 Å². The molecule has 0 bridgehead atoms. The summed E-state index contributed by atoms with van der Waals surface area (Å²) in [4.78, 5) is 37.5. The summed E-state index contributed by atoms with van der Waals surface area (Å²) in [6.45, 7) is 6.69. The van der Waals surface area contributed by atoms with Gasteiger partial charge in [0.2, 0.25) is 5.91 Å². The molecule has 1 fully saturated rings. The third-order valence-corrected chi connectivity index (χ3v) is 5.24. The zero-order valence-electron chi connectivity index (χ0n) is 16.7. The van der Waals surface area contributed by atoms with Gasteiger partial charge in [0.05, 0.1) is 6.10 Å². The summed E-state index contributed by atoms with van der Waals surface area (Å²) in [5.41, 5.74) is 2.72. The zero-order valence-corrected chi connectivity index (χ0v) is 16.7. The fourth-order valence-electron chi connectivity index (χ4n) is 3.67. The van der Waals surface area contributed by atoms with Crippen molar-refractivity contribution in [2.45, 2.75) is 58.2 Å². The predicted octanol–water partition coefficient (Wildman–Crippen LogP) is 1.66. The van der Waals surface area contributed by atoms with Gasteiger partial charge in [0.1, 0.15) is 18.7 Å².